The fourth-order valence-corrected chi connectivity index (χ4v) is 3.73. The molecule has 7 atom stereocenters. The predicted octanol–water partition coefficient (Wildman–Crippen LogP) is -1.11. The average molecular weight is 681 g/mol. The van der Waals surface area contributed by atoms with Crippen molar-refractivity contribution >= 4 is 5.91 Å². The second-order valence-electron chi connectivity index (χ2n) is 11.4. The van der Waals surface area contributed by atoms with Crippen LogP contribution >= 0.6 is 0 Å². The molecular formula is C42H36N2O7. The molecule has 0 aliphatic carbocycles. The van der Waals surface area contributed by atoms with Crippen molar-refractivity contribution in [2.75, 3.05) is 13.2 Å². The maximum Gasteiger partial charge on any atom is 0.297 e. The molecule has 0 aromatic carbocycles. The zero-order chi connectivity index (χ0) is 37.7. The van der Waals surface area contributed by atoms with E-state index in [9.17, 15) is 25.2 Å². The Balaban J connectivity index is 2.73. The summed E-state index contributed by atoms with van der Waals surface area (Å²) in [5.74, 6) is 58.9. The van der Waals surface area contributed by atoms with Crippen molar-refractivity contribution in [2.45, 2.75) is 89.7 Å². The Kier molecular flexibility index (Phi) is 21.8. The molecule has 1 aliphatic heterocycles. The van der Waals surface area contributed by atoms with Gasteiger partial charge in [0.1, 0.15) is 24.4 Å². The quantitative estimate of drug-likeness (QED) is 0.168. The van der Waals surface area contributed by atoms with Gasteiger partial charge in [0.05, 0.1) is 19.3 Å². The Morgan fingerprint density at radius 3 is 1.57 bits per heavy atom. The van der Waals surface area contributed by atoms with Gasteiger partial charge < -0.3 is 41.0 Å². The van der Waals surface area contributed by atoms with E-state index in [1.807, 2.05) is 0 Å². The minimum absolute atomic E-state index is 0.0907. The van der Waals surface area contributed by atoms with E-state index in [1.54, 1.807) is 6.92 Å². The van der Waals surface area contributed by atoms with Crippen LogP contribution in [0.3, 0.4) is 0 Å². The average Bonchev–Trinajstić information content (AvgIpc) is 3.09. The van der Waals surface area contributed by atoms with Gasteiger partial charge in [-0.1, -0.05) is 33.1 Å². The standard InChI is InChI=1S/C42H36N2O7/c1-5-6-7-8-9-10-11-12-13-14-15-16-17-18-19-20-21-22-23-24-25-26-27-30-37(46)44-35(34(43)29-28-31-42(2,3)4)33-50-41-40(49)39(48)38(47)36(32-45)51-41/h34-36,38-41,45,47-49H,28-29,31-33,43H2,1-4H3,(H,44,46)/t34-,35+,36?,38+,39+,40?,41-/m1/s1. The van der Waals surface area contributed by atoms with Gasteiger partial charge >= 0.3 is 0 Å². The number of ether oxygens (including phenoxy) is 2. The van der Waals surface area contributed by atoms with Gasteiger partial charge in [0.25, 0.3) is 5.91 Å². The molecule has 0 aromatic rings. The summed E-state index contributed by atoms with van der Waals surface area (Å²) < 4.78 is 11.0. The number of amides is 1. The van der Waals surface area contributed by atoms with Crippen LogP contribution in [0.1, 0.15) is 47.0 Å². The largest absolute Gasteiger partial charge is 0.394 e. The number of nitrogens with two attached hydrogens (primary N) is 1. The van der Waals surface area contributed by atoms with Gasteiger partial charge in [-0.05, 0) is 120 Å². The number of aliphatic hydroxyl groups excluding tert-OH is 4. The van der Waals surface area contributed by atoms with Gasteiger partial charge in [0.15, 0.2) is 6.29 Å². The van der Waals surface area contributed by atoms with Crippen LogP contribution < -0.4 is 11.1 Å². The van der Waals surface area contributed by atoms with Crippen LogP contribution in [0.15, 0.2) is 0 Å². The second kappa shape index (κ2) is 25.9. The Hall–Kier alpha value is -6.09. The Morgan fingerprint density at radius 1 is 0.725 bits per heavy atom. The third-order valence-electron chi connectivity index (χ3n) is 6.20. The maximum atomic E-state index is 12.6. The van der Waals surface area contributed by atoms with Gasteiger partial charge in [-0.25, -0.2) is 0 Å². The van der Waals surface area contributed by atoms with E-state index in [-0.39, 0.29) is 12.0 Å². The fourth-order valence-electron chi connectivity index (χ4n) is 3.73. The second-order valence-corrected chi connectivity index (χ2v) is 11.4. The molecule has 0 bridgehead atoms. The summed E-state index contributed by atoms with van der Waals surface area (Å²) >= 11 is 0. The summed E-state index contributed by atoms with van der Waals surface area (Å²) in [6.45, 7) is 7.19. The van der Waals surface area contributed by atoms with Gasteiger partial charge in [0.2, 0.25) is 0 Å². The molecule has 0 radical (unpaired) electrons. The highest BCUT2D eigenvalue weighted by Crippen LogP contribution is 2.24. The lowest BCUT2D eigenvalue weighted by Crippen LogP contribution is -2.60. The van der Waals surface area contributed by atoms with Gasteiger partial charge in [-0.15, -0.1) is 0 Å². The van der Waals surface area contributed by atoms with Crippen LogP contribution in [0.25, 0.3) is 0 Å². The molecule has 1 saturated heterocycles. The zero-order valence-electron chi connectivity index (χ0n) is 28.7. The van der Waals surface area contributed by atoms with Crippen molar-refractivity contribution < 1.29 is 34.7 Å². The number of rotatable bonds is 9. The zero-order valence-corrected chi connectivity index (χ0v) is 28.7. The van der Waals surface area contributed by atoms with Crippen molar-refractivity contribution in [3.63, 3.8) is 0 Å². The van der Waals surface area contributed by atoms with Gasteiger partial charge in [-0.2, -0.15) is 0 Å². The lowest BCUT2D eigenvalue weighted by molar-refractivity contribution is -0.302. The maximum absolute atomic E-state index is 12.6. The summed E-state index contributed by atoms with van der Waals surface area (Å²) in [7, 11) is 0. The van der Waals surface area contributed by atoms with Crippen molar-refractivity contribution in [1.82, 2.24) is 5.32 Å². The number of carbonyl (C=O) groups is 1. The number of hydrogen-bond donors (Lipinski definition) is 6. The summed E-state index contributed by atoms with van der Waals surface area (Å²) in [4.78, 5) is 12.6. The molecule has 1 amide bonds. The summed E-state index contributed by atoms with van der Waals surface area (Å²) in [6, 6.07) is -1.30. The molecule has 1 heterocycles. The van der Waals surface area contributed by atoms with Crippen molar-refractivity contribution in [1.29, 1.82) is 0 Å². The van der Waals surface area contributed by atoms with E-state index in [4.69, 9.17) is 15.2 Å². The van der Waals surface area contributed by atoms with E-state index >= 15 is 0 Å². The van der Waals surface area contributed by atoms with Crippen LogP contribution in [0.2, 0.25) is 0 Å². The van der Waals surface area contributed by atoms with Crippen molar-refractivity contribution in [3.8, 4) is 142 Å². The first-order chi connectivity index (χ1) is 24.5. The summed E-state index contributed by atoms with van der Waals surface area (Å²) in [5.41, 5.74) is 6.48. The minimum Gasteiger partial charge on any atom is -0.394 e. The minimum atomic E-state index is -1.61. The van der Waals surface area contributed by atoms with E-state index < -0.39 is 55.3 Å². The number of carbonyl (C=O) groups excluding carboxylic acids is 1. The Labute approximate surface area is 301 Å². The molecular weight excluding hydrogens is 644 g/mol. The molecule has 51 heavy (non-hydrogen) atoms. The molecule has 9 heteroatoms. The third kappa shape index (κ3) is 20.8. The van der Waals surface area contributed by atoms with Gasteiger partial charge in [-0.3, -0.25) is 4.79 Å². The third-order valence-corrected chi connectivity index (χ3v) is 6.20. The number of hydrogen-bond acceptors (Lipinski definition) is 8. The van der Waals surface area contributed by atoms with Crippen LogP contribution in [0.4, 0.5) is 0 Å². The molecule has 1 rings (SSSR count). The SMILES string of the molecule is CC#CC#CC#CC#CC#CC#CC#CC#CC#CC#CC#CC#CC(=O)N[C@@H](CO[C@@H]1OC(CO)[C@H](O)[C@H](O)C1O)[C@H](N)CCCC(C)(C)C. The van der Waals surface area contributed by atoms with Crippen molar-refractivity contribution in [3.05, 3.63) is 0 Å². The molecule has 9 nitrogen and oxygen atoms in total. The smallest absolute Gasteiger partial charge is 0.297 e. The number of nitrogens with one attached hydrogen (secondary N) is 1. The molecule has 1 aliphatic rings. The predicted molar refractivity (Wildman–Crippen MR) is 192 cm³/mol. The first-order valence-corrected chi connectivity index (χ1v) is 15.4. The van der Waals surface area contributed by atoms with E-state index in [2.05, 4.69) is 168 Å². The van der Waals surface area contributed by atoms with E-state index in [1.165, 1.54) is 0 Å². The molecule has 0 spiro atoms. The Morgan fingerprint density at radius 2 is 1.16 bits per heavy atom. The van der Waals surface area contributed by atoms with Crippen LogP contribution in [0, 0.1) is 148 Å². The lowest BCUT2D eigenvalue weighted by atomic mass is 9.88. The topological polar surface area (TPSA) is 155 Å². The highest BCUT2D eigenvalue weighted by atomic mass is 16.7. The summed E-state index contributed by atoms with van der Waals surface area (Å²) in [6.07, 6.45) is -5.04. The molecule has 0 aromatic heterocycles. The van der Waals surface area contributed by atoms with Crippen LogP contribution in [-0.2, 0) is 14.3 Å². The molecule has 0 saturated carbocycles. The van der Waals surface area contributed by atoms with Crippen molar-refractivity contribution in [2.24, 2.45) is 11.1 Å². The monoisotopic (exact) mass is 680 g/mol. The molecule has 1 fully saturated rings. The molecule has 256 valence electrons. The normalized spacial score (nSPS) is 18.5. The molecule has 2 unspecified atom stereocenters. The Bertz CT molecular complexity index is 2010. The highest BCUT2D eigenvalue weighted by Gasteiger charge is 2.44. The first-order valence-electron chi connectivity index (χ1n) is 15.4. The van der Waals surface area contributed by atoms with Crippen LogP contribution in [-0.4, -0.2) is 82.3 Å². The van der Waals surface area contributed by atoms with E-state index in [0.29, 0.717) is 6.42 Å². The van der Waals surface area contributed by atoms with Gasteiger partial charge in [0, 0.05) is 47.5 Å². The fraction of sp³-hybridized carbons (Fsp3) is 0.405. The van der Waals surface area contributed by atoms with Crippen LogP contribution in [0.5, 0.6) is 0 Å². The lowest BCUT2D eigenvalue weighted by Gasteiger charge is -2.40. The number of aliphatic hydroxyl groups is 4. The molecule has 7 N–H and O–H groups in total. The summed E-state index contributed by atoms with van der Waals surface area (Å²) in [5, 5.41) is 42.4. The highest BCUT2D eigenvalue weighted by molar-refractivity contribution is 5.94. The first kappa shape index (κ1) is 42.9. The van der Waals surface area contributed by atoms with E-state index in [0.717, 1.165) is 12.8 Å².